The third-order valence-electron chi connectivity index (χ3n) is 1.81. The molecule has 0 rings (SSSR count). The van der Waals surface area contributed by atoms with E-state index in [1.54, 1.807) is 0 Å². The highest BCUT2D eigenvalue weighted by Gasteiger charge is 2.32. The van der Waals surface area contributed by atoms with Crippen molar-refractivity contribution in [1.82, 2.24) is 0 Å². The molecule has 14 heavy (non-hydrogen) atoms. The number of hydrogen-bond acceptors (Lipinski definition) is 4. The molecule has 0 unspecified atom stereocenters. The van der Waals surface area contributed by atoms with Gasteiger partial charge in [0.15, 0.2) is 0 Å². The first-order valence-corrected chi connectivity index (χ1v) is 13.8. The average molecular weight is 265 g/mol. The molecule has 0 aliphatic rings. The minimum absolute atomic E-state index is 0.920. The molecule has 80 valence electrons. The highest BCUT2D eigenvalue weighted by atomic mass is 29.6. The maximum Gasteiger partial charge on any atom is 0.532 e. The van der Waals surface area contributed by atoms with E-state index in [1.807, 2.05) is 13.1 Å². The Labute approximate surface area is 90.1 Å². The third-order valence-corrected chi connectivity index (χ3v) is 12.9. The Morgan fingerprint density at radius 1 is 1.36 bits per heavy atom. The molecule has 0 N–H and O–H groups in total. The van der Waals surface area contributed by atoms with E-state index in [-0.39, 0.29) is 0 Å². The molecule has 0 aliphatic carbocycles. The maximum atomic E-state index is 11.3. The van der Waals surface area contributed by atoms with Crippen LogP contribution in [-0.2, 0) is 17.5 Å². The van der Waals surface area contributed by atoms with E-state index in [1.165, 1.54) is 0 Å². The summed E-state index contributed by atoms with van der Waals surface area (Å²) in [6.07, 6.45) is 2.11. The summed E-state index contributed by atoms with van der Waals surface area (Å²) in [6.45, 7) is 6.00. The van der Waals surface area contributed by atoms with Gasteiger partial charge in [-0.25, -0.2) is 0 Å². The van der Waals surface area contributed by atoms with Gasteiger partial charge >= 0.3 is 25.1 Å². The lowest BCUT2D eigenvalue weighted by atomic mass is 10.4. The summed E-state index contributed by atoms with van der Waals surface area (Å²) in [6, 6.07) is 0.920. The Morgan fingerprint density at radius 2 is 1.93 bits per heavy atom. The second-order valence-corrected chi connectivity index (χ2v) is 16.8. The zero-order chi connectivity index (χ0) is 11.2. The van der Waals surface area contributed by atoms with Gasteiger partial charge in [0, 0.05) is 0 Å². The molecule has 0 radical (unpaired) electrons. The van der Waals surface area contributed by atoms with Gasteiger partial charge in [0.1, 0.15) is 0 Å². The van der Waals surface area contributed by atoms with Crippen LogP contribution >= 0.6 is 0 Å². The van der Waals surface area contributed by atoms with Crippen molar-refractivity contribution in [3.8, 4) is 0 Å². The molecule has 0 spiro atoms. The highest BCUT2D eigenvalue weighted by Crippen LogP contribution is 2.14. The first-order valence-electron chi connectivity index (χ1n) is 4.65. The van der Waals surface area contributed by atoms with Crippen LogP contribution in [0.1, 0.15) is 19.8 Å². The van der Waals surface area contributed by atoms with Gasteiger partial charge in [-0.05, 0) is 19.1 Å². The van der Waals surface area contributed by atoms with Crippen LogP contribution in [0.3, 0.4) is 0 Å². The molecule has 4 nitrogen and oxygen atoms in total. The van der Waals surface area contributed by atoms with Crippen LogP contribution in [0.2, 0.25) is 19.1 Å². The number of unbranched alkanes of at least 4 members (excludes halogenated alkanes) is 1. The summed E-state index contributed by atoms with van der Waals surface area (Å²) in [5.74, 6) is 0. The van der Waals surface area contributed by atoms with Crippen molar-refractivity contribution in [2.75, 3.05) is 0 Å². The minimum atomic E-state index is -2.52. The third kappa shape index (κ3) is 5.73. The topological polar surface area (TPSA) is 60.4 Å². The number of hydrogen-bond donors (Lipinski definition) is 0. The zero-order valence-electron chi connectivity index (χ0n) is 8.83. The fourth-order valence-corrected chi connectivity index (χ4v) is 11.3. The maximum absolute atomic E-state index is 11.3. The van der Waals surface area contributed by atoms with E-state index >= 15 is 0 Å². The summed E-state index contributed by atoms with van der Waals surface area (Å²) >= 11 is 0. The molecule has 0 amide bonds. The van der Waals surface area contributed by atoms with Crippen LogP contribution in [0.25, 0.3) is 0 Å². The molecule has 0 saturated heterocycles. The molecule has 0 bridgehead atoms. The monoisotopic (exact) mass is 264 g/mol. The van der Waals surface area contributed by atoms with Gasteiger partial charge in [0.2, 0.25) is 8.32 Å². The Hall–Kier alpha value is 0.0675. The fraction of sp³-hybridized carbons (Fsp3) is 1.00. The van der Waals surface area contributed by atoms with Gasteiger partial charge in [-0.3, -0.25) is 0 Å². The summed E-state index contributed by atoms with van der Waals surface area (Å²) in [5.41, 5.74) is 0. The molecular weight excluding hydrogens is 248 g/mol. The van der Waals surface area contributed by atoms with Crippen LogP contribution in [0, 0.1) is 0 Å². The Kier molecular flexibility index (Phi) is 6.56. The van der Waals surface area contributed by atoms with E-state index < -0.39 is 33.4 Å². The van der Waals surface area contributed by atoms with Crippen molar-refractivity contribution in [2.24, 2.45) is 0 Å². The van der Waals surface area contributed by atoms with Crippen LogP contribution < -0.4 is 0 Å². The first kappa shape index (κ1) is 14.1. The minimum Gasteiger partial charge on any atom is -0.578 e. The lowest BCUT2D eigenvalue weighted by Crippen LogP contribution is -2.39. The van der Waals surface area contributed by atoms with E-state index in [2.05, 4.69) is 6.92 Å². The number of rotatable bonds is 7. The Balaban J connectivity index is 4.14. The predicted molar refractivity (Wildman–Crippen MR) is 59.0 cm³/mol. The smallest absolute Gasteiger partial charge is 0.532 e. The summed E-state index contributed by atoms with van der Waals surface area (Å²) in [5, 5.41) is 0. The van der Waals surface area contributed by atoms with Gasteiger partial charge in [0.25, 0.3) is 0 Å². The van der Waals surface area contributed by atoms with Crippen LogP contribution in [0.15, 0.2) is 0 Å². The summed E-state index contributed by atoms with van der Waals surface area (Å²) < 4.78 is 38.0. The van der Waals surface area contributed by atoms with E-state index in [9.17, 15) is 13.4 Å². The van der Waals surface area contributed by atoms with E-state index in [0.29, 0.717) is 0 Å². The molecular formula is C6H16O4Si4. The van der Waals surface area contributed by atoms with Crippen molar-refractivity contribution in [1.29, 1.82) is 0 Å². The van der Waals surface area contributed by atoms with Crippen molar-refractivity contribution in [3.05, 3.63) is 0 Å². The van der Waals surface area contributed by atoms with E-state index in [0.717, 1.165) is 18.9 Å². The summed E-state index contributed by atoms with van der Waals surface area (Å²) in [7, 11) is -8.31. The van der Waals surface area contributed by atoms with Crippen molar-refractivity contribution in [2.45, 2.75) is 38.9 Å². The molecule has 0 aromatic carbocycles. The lowest BCUT2D eigenvalue weighted by molar-refractivity contribution is 0.457. The van der Waals surface area contributed by atoms with E-state index in [4.69, 9.17) is 4.12 Å². The molecule has 0 fully saturated rings. The van der Waals surface area contributed by atoms with Gasteiger partial charge in [-0.2, -0.15) is 0 Å². The fourth-order valence-electron chi connectivity index (χ4n) is 1.00. The molecule has 0 atom stereocenters. The molecule has 0 heterocycles. The molecule has 0 saturated carbocycles. The second kappa shape index (κ2) is 6.53. The van der Waals surface area contributed by atoms with Gasteiger partial charge < -0.3 is 17.5 Å². The Bertz CT molecular complexity index is 240. The van der Waals surface area contributed by atoms with Crippen molar-refractivity contribution < 1.29 is 17.5 Å². The first-order chi connectivity index (χ1) is 6.43. The van der Waals surface area contributed by atoms with Crippen molar-refractivity contribution in [3.63, 3.8) is 0 Å². The normalized spacial score (nSPS) is 10.8. The van der Waals surface area contributed by atoms with Crippen molar-refractivity contribution >= 4 is 33.4 Å². The average Bonchev–Trinajstić information content (AvgIpc) is 2.12. The van der Waals surface area contributed by atoms with Crippen LogP contribution in [-0.4, -0.2) is 33.4 Å². The SMILES string of the molecule is CCCC[Si](C)(C)O[Si](=O)[Si](=O)[SiH]=O. The largest absolute Gasteiger partial charge is 0.578 e. The Morgan fingerprint density at radius 3 is 2.36 bits per heavy atom. The highest BCUT2D eigenvalue weighted by molar-refractivity contribution is 7.30. The van der Waals surface area contributed by atoms with Gasteiger partial charge in [-0.15, -0.1) is 0 Å². The molecule has 8 heteroatoms. The van der Waals surface area contributed by atoms with Gasteiger partial charge in [-0.1, -0.05) is 19.8 Å². The molecule has 0 aromatic rings. The zero-order valence-corrected chi connectivity index (χ0v) is 13.0. The van der Waals surface area contributed by atoms with Crippen LogP contribution in [0.4, 0.5) is 0 Å². The summed E-state index contributed by atoms with van der Waals surface area (Å²) in [4.78, 5) is 0. The quantitative estimate of drug-likeness (QED) is 0.635. The second-order valence-electron chi connectivity index (χ2n) is 3.73. The lowest BCUT2D eigenvalue weighted by Gasteiger charge is -2.22. The molecule has 0 aromatic heterocycles. The molecule has 0 aliphatic heterocycles. The van der Waals surface area contributed by atoms with Gasteiger partial charge in [0.05, 0.1) is 0 Å². The standard InChI is InChI=1S/C6H16O4Si4/c1-4-5-6-14(2,3)10-12(8)13(9)11-7/h11H,4-6H2,1-3H3. The van der Waals surface area contributed by atoms with Crippen LogP contribution in [0.5, 0.6) is 0 Å². The predicted octanol–water partition coefficient (Wildman–Crippen LogP) is 0.706.